The molecule has 1 aromatic carbocycles. The number of carbonyl (C=O) groups excluding carboxylic acids is 1. The fourth-order valence-corrected chi connectivity index (χ4v) is 4.08. The lowest BCUT2D eigenvalue weighted by atomic mass is 10.1. The zero-order chi connectivity index (χ0) is 16.2. The Bertz CT molecular complexity index is 667. The number of nitrogens with zero attached hydrogens (tertiary/aromatic N) is 1. The van der Waals surface area contributed by atoms with E-state index in [4.69, 9.17) is 4.74 Å². The molecule has 1 aliphatic rings. The Balaban J connectivity index is 1.83. The second kappa shape index (κ2) is 7.18. The van der Waals surface area contributed by atoms with E-state index in [0.29, 0.717) is 0 Å². The third kappa shape index (κ3) is 3.58. The molecule has 2 aromatic rings. The summed E-state index contributed by atoms with van der Waals surface area (Å²) in [6, 6.07) is 10.1. The summed E-state index contributed by atoms with van der Waals surface area (Å²) >= 11 is 1.61. The smallest absolute Gasteiger partial charge is 0.263 e. The monoisotopic (exact) mass is 329 g/mol. The standard InChI is InChI=1S/C19H23NO2S/c1-14-17(15-7-9-16(22-2)10-8-15)13-18(23-14)19(21)20-11-5-3-4-6-12-20/h7-10,13H,3-6,11-12H2,1-2H3. The number of hydrogen-bond acceptors (Lipinski definition) is 3. The van der Waals surface area contributed by atoms with Crippen LogP contribution in [-0.2, 0) is 0 Å². The molecule has 1 fully saturated rings. The van der Waals surface area contributed by atoms with Gasteiger partial charge in [-0.3, -0.25) is 4.79 Å². The average Bonchev–Trinajstić information content (AvgIpc) is 2.79. The highest BCUT2D eigenvalue weighted by molar-refractivity contribution is 7.14. The van der Waals surface area contributed by atoms with E-state index in [1.807, 2.05) is 29.2 Å². The van der Waals surface area contributed by atoms with E-state index in [-0.39, 0.29) is 5.91 Å². The number of benzene rings is 1. The molecule has 1 aliphatic heterocycles. The molecule has 0 radical (unpaired) electrons. The molecule has 1 aromatic heterocycles. The fourth-order valence-electron chi connectivity index (χ4n) is 3.07. The summed E-state index contributed by atoms with van der Waals surface area (Å²) in [6.07, 6.45) is 4.73. The van der Waals surface area contributed by atoms with Crippen LogP contribution in [0.5, 0.6) is 5.75 Å². The van der Waals surface area contributed by atoms with Crippen LogP contribution in [0.15, 0.2) is 30.3 Å². The van der Waals surface area contributed by atoms with E-state index in [9.17, 15) is 4.79 Å². The molecule has 0 bridgehead atoms. The van der Waals surface area contributed by atoms with Crippen molar-refractivity contribution in [1.29, 1.82) is 0 Å². The molecule has 2 heterocycles. The predicted molar refractivity (Wildman–Crippen MR) is 95.4 cm³/mol. The van der Waals surface area contributed by atoms with Gasteiger partial charge in [0.05, 0.1) is 12.0 Å². The highest BCUT2D eigenvalue weighted by atomic mass is 32.1. The van der Waals surface area contributed by atoms with Crippen LogP contribution in [0.2, 0.25) is 0 Å². The first-order valence-electron chi connectivity index (χ1n) is 8.23. The largest absolute Gasteiger partial charge is 0.497 e. The van der Waals surface area contributed by atoms with Gasteiger partial charge in [-0.15, -0.1) is 11.3 Å². The lowest BCUT2D eigenvalue weighted by Gasteiger charge is -2.19. The van der Waals surface area contributed by atoms with Crippen molar-refractivity contribution in [3.05, 3.63) is 40.1 Å². The van der Waals surface area contributed by atoms with Gasteiger partial charge in [-0.05, 0) is 49.1 Å². The molecule has 0 aliphatic carbocycles. The van der Waals surface area contributed by atoms with E-state index in [0.717, 1.165) is 47.7 Å². The summed E-state index contributed by atoms with van der Waals surface area (Å²) in [5.74, 6) is 1.04. The zero-order valence-corrected chi connectivity index (χ0v) is 14.6. The predicted octanol–water partition coefficient (Wildman–Crippen LogP) is 4.75. The minimum Gasteiger partial charge on any atom is -0.497 e. The van der Waals surface area contributed by atoms with Gasteiger partial charge in [-0.2, -0.15) is 0 Å². The normalized spacial score (nSPS) is 15.3. The van der Waals surface area contributed by atoms with Crippen LogP contribution in [0, 0.1) is 6.92 Å². The second-order valence-corrected chi connectivity index (χ2v) is 7.27. The lowest BCUT2D eigenvalue weighted by Crippen LogP contribution is -2.31. The summed E-state index contributed by atoms with van der Waals surface area (Å²) in [7, 11) is 1.67. The summed E-state index contributed by atoms with van der Waals surface area (Å²) < 4.78 is 5.21. The van der Waals surface area contributed by atoms with Crippen LogP contribution in [0.4, 0.5) is 0 Å². The number of methoxy groups -OCH3 is 1. The van der Waals surface area contributed by atoms with E-state index < -0.39 is 0 Å². The zero-order valence-electron chi connectivity index (χ0n) is 13.8. The molecule has 0 saturated carbocycles. The minimum atomic E-state index is 0.194. The molecule has 1 saturated heterocycles. The van der Waals surface area contributed by atoms with Crippen molar-refractivity contribution in [2.24, 2.45) is 0 Å². The molecule has 3 nitrogen and oxygen atoms in total. The molecule has 0 atom stereocenters. The number of hydrogen-bond donors (Lipinski definition) is 0. The van der Waals surface area contributed by atoms with Gasteiger partial charge in [-0.25, -0.2) is 0 Å². The van der Waals surface area contributed by atoms with Crippen LogP contribution < -0.4 is 4.74 Å². The Hall–Kier alpha value is -1.81. The first-order chi connectivity index (χ1) is 11.2. The summed E-state index contributed by atoms with van der Waals surface area (Å²) in [4.78, 5) is 16.8. The Morgan fingerprint density at radius 2 is 1.74 bits per heavy atom. The Morgan fingerprint density at radius 3 is 2.35 bits per heavy atom. The maximum absolute atomic E-state index is 12.8. The Labute approximate surface area is 141 Å². The number of likely N-dealkylation sites (tertiary alicyclic amines) is 1. The van der Waals surface area contributed by atoms with Gasteiger partial charge in [-0.1, -0.05) is 25.0 Å². The third-order valence-corrected chi connectivity index (χ3v) is 5.46. The maximum Gasteiger partial charge on any atom is 0.263 e. The van der Waals surface area contributed by atoms with Crippen LogP contribution >= 0.6 is 11.3 Å². The summed E-state index contributed by atoms with van der Waals surface area (Å²) in [5, 5.41) is 0. The number of carbonyl (C=O) groups is 1. The van der Waals surface area contributed by atoms with Gasteiger partial charge < -0.3 is 9.64 Å². The molecular weight excluding hydrogens is 306 g/mol. The van der Waals surface area contributed by atoms with Crippen molar-refractivity contribution in [2.75, 3.05) is 20.2 Å². The van der Waals surface area contributed by atoms with Gasteiger partial charge in [0.15, 0.2) is 0 Å². The van der Waals surface area contributed by atoms with Crippen molar-refractivity contribution in [3.8, 4) is 16.9 Å². The third-order valence-electron chi connectivity index (χ3n) is 4.42. The van der Waals surface area contributed by atoms with Crippen molar-refractivity contribution in [3.63, 3.8) is 0 Å². The SMILES string of the molecule is COc1ccc(-c2cc(C(=O)N3CCCCCC3)sc2C)cc1. The van der Waals surface area contributed by atoms with Crippen molar-refractivity contribution >= 4 is 17.2 Å². The molecule has 122 valence electrons. The number of thiophene rings is 1. The van der Waals surface area contributed by atoms with Crippen molar-refractivity contribution in [1.82, 2.24) is 4.90 Å². The van der Waals surface area contributed by atoms with E-state index in [2.05, 4.69) is 13.0 Å². The molecule has 0 unspecified atom stereocenters. The molecular formula is C19H23NO2S. The summed E-state index contributed by atoms with van der Waals surface area (Å²) in [6.45, 7) is 3.88. The fraction of sp³-hybridized carbons (Fsp3) is 0.421. The van der Waals surface area contributed by atoms with Gasteiger partial charge in [0, 0.05) is 18.0 Å². The number of ether oxygens (including phenoxy) is 1. The second-order valence-electron chi connectivity index (χ2n) is 6.02. The first kappa shape index (κ1) is 16.1. The quantitative estimate of drug-likeness (QED) is 0.813. The molecule has 0 spiro atoms. The Morgan fingerprint density at radius 1 is 1.09 bits per heavy atom. The molecule has 1 amide bonds. The molecule has 4 heteroatoms. The van der Waals surface area contributed by atoms with E-state index in [1.54, 1.807) is 18.4 Å². The van der Waals surface area contributed by atoms with E-state index >= 15 is 0 Å². The number of rotatable bonds is 3. The van der Waals surface area contributed by atoms with E-state index in [1.165, 1.54) is 17.7 Å². The maximum atomic E-state index is 12.8. The summed E-state index contributed by atoms with van der Waals surface area (Å²) in [5.41, 5.74) is 2.28. The number of aryl methyl sites for hydroxylation is 1. The highest BCUT2D eigenvalue weighted by Crippen LogP contribution is 2.32. The highest BCUT2D eigenvalue weighted by Gasteiger charge is 2.20. The van der Waals surface area contributed by atoms with Gasteiger partial charge in [0.2, 0.25) is 0 Å². The van der Waals surface area contributed by atoms with Crippen LogP contribution in [0.3, 0.4) is 0 Å². The number of amides is 1. The first-order valence-corrected chi connectivity index (χ1v) is 9.05. The van der Waals surface area contributed by atoms with Gasteiger partial charge in [0.25, 0.3) is 5.91 Å². The van der Waals surface area contributed by atoms with Crippen LogP contribution in [-0.4, -0.2) is 31.0 Å². The minimum absolute atomic E-state index is 0.194. The average molecular weight is 329 g/mol. The topological polar surface area (TPSA) is 29.5 Å². The van der Waals surface area contributed by atoms with Gasteiger partial charge >= 0.3 is 0 Å². The van der Waals surface area contributed by atoms with Crippen LogP contribution in [0.25, 0.3) is 11.1 Å². The molecule has 3 rings (SSSR count). The molecule has 23 heavy (non-hydrogen) atoms. The molecule has 0 N–H and O–H groups in total. The Kier molecular flexibility index (Phi) is 5.01. The van der Waals surface area contributed by atoms with Crippen LogP contribution in [0.1, 0.15) is 40.2 Å². The van der Waals surface area contributed by atoms with Gasteiger partial charge in [0.1, 0.15) is 5.75 Å². The van der Waals surface area contributed by atoms with Crippen molar-refractivity contribution < 1.29 is 9.53 Å². The lowest BCUT2D eigenvalue weighted by molar-refractivity contribution is 0.0766. The van der Waals surface area contributed by atoms with Crippen molar-refractivity contribution in [2.45, 2.75) is 32.6 Å².